The summed E-state index contributed by atoms with van der Waals surface area (Å²) in [6.07, 6.45) is 0. The van der Waals surface area contributed by atoms with Gasteiger partial charge in [0.1, 0.15) is 0 Å². The van der Waals surface area contributed by atoms with Crippen molar-refractivity contribution in [2.24, 2.45) is 7.05 Å². The van der Waals surface area contributed by atoms with Crippen molar-refractivity contribution < 1.29 is 23.7 Å². The van der Waals surface area contributed by atoms with Crippen molar-refractivity contribution in [3.63, 3.8) is 0 Å². The van der Waals surface area contributed by atoms with Gasteiger partial charge < -0.3 is 28.8 Å². The van der Waals surface area contributed by atoms with Crippen LogP contribution in [0.3, 0.4) is 0 Å². The van der Waals surface area contributed by atoms with Crippen LogP contribution in [0, 0.1) is 0 Å². The van der Waals surface area contributed by atoms with Gasteiger partial charge in [-0.25, -0.2) is 0 Å². The number of hydrogen-bond donors (Lipinski definition) is 1. The predicted octanol–water partition coefficient (Wildman–Crippen LogP) is 2.96. The number of carbonyl (C=O) groups is 1. The molecule has 1 N–H and O–H groups in total. The summed E-state index contributed by atoms with van der Waals surface area (Å²) in [6.45, 7) is 0.192. The topological polar surface area (TPSA) is 96.7 Å². The van der Waals surface area contributed by atoms with E-state index in [4.69, 9.17) is 18.9 Å². The van der Waals surface area contributed by atoms with Gasteiger partial charge in [-0.2, -0.15) is 0 Å². The lowest BCUT2D eigenvalue weighted by molar-refractivity contribution is -0.113. The summed E-state index contributed by atoms with van der Waals surface area (Å²) in [6, 6.07) is 10.8. The zero-order valence-corrected chi connectivity index (χ0v) is 17.5. The molecule has 0 bridgehead atoms. The van der Waals surface area contributed by atoms with E-state index in [-0.39, 0.29) is 18.5 Å². The van der Waals surface area contributed by atoms with Crippen molar-refractivity contribution in [1.82, 2.24) is 14.8 Å². The van der Waals surface area contributed by atoms with Crippen LogP contribution < -0.4 is 24.3 Å². The monoisotopic (exact) mass is 428 g/mol. The third-order valence-corrected chi connectivity index (χ3v) is 5.49. The van der Waals surface area contributed by atoms with Gasteiger partial charge in [0.05, 0.1) is 20.0 Å². The molecule has 10 heteroatoms. The Morgan fingerprint density at radius 2 is 1.90 bits per heavy atom. The lowest BCUT2D eigenvalue weighted by Crippen LogP contribution is -2.14. The third kappa shape index (κ3) is 3.99. The maximum absolute atomic E-state index is 12.3. The Morgan fingerprint density at radius 3 is 2.70 bits per heavy atom. The zero-order chi connectivity index (χ0) is 21.1. The Morgan fingerprint density at radius 1 is 1.10 bits per heavy atom. The van der Waals surface area contributed by atoms with Crippen molar-refractivity contribution >= 4 is 23.4 Å². The van der Waals surface area contributed by atoms with Crippen molar-refractivity contribution in [3.8, 4) is 34.4 Å². The van der Waals surface area contributed by atoms with Gasteiger partial charge >= 0.3 is 0 Å². The average molecular weight is 428 g/mol. The van der Waals surface area contributed by atoms with Crippen LogP contribution in [0.5, 0.6) is 23.0 Å². The van der Waals surface area contributed by atoms with Crippen LogP contribution in [-0.2, 0) is 11.8 Å². The number of amides is 1. The number of anilines is 1. The number of thioether (sulfide) groups is 1. The van der Waals surface area contributed by atoms with Crippen molar-refractivity contribution in [2.75, 3.05) is 32.1 Å². The van der Waals surface area contributed by atoms with Crippen LogP contribution in [-0.4, -0.2) is 47.4 Å². The van der Waals surface area contributed by atoms with E-state index in [1.54, 1.807) is 32.4 Å². The van der Waals surface area contributed by atoms with Crippen LogP contribution in [0.25, 0.3) is 11.4 Å². The lowest BCUT2D eigenvalue weighted by atomic mass is 10.2. The van der Waals surface area contributed by atoms with Gasteiger partial charge in [0.25, 0.3) is 0 Å². The van der Waals surface area contributed by atoms with E-state index in [1.165, 1.54) is 11.8 Å². The first kappa shape index (κ1) is 19.9. The fourth-order valence-corrected chi connectivity index (χ4v) is 3.68. The minimum absolute atomic E-state index is 0.158. The van der Waals surface area contributed by atoms with Gasteiger partial charge in [-0.1, -0.05) is 11.8 Å². The minimum atomic E-state index is -0.158. The predicted molar refractivity (Wildman–Crippen MR) is 111 cm³/mol. The molecule has 9 nitrogen and oxygen atoms in total. The van der Waals surface area contributed by atoms with E-state index in [1.807, 2.05) is 29.8 Å². The molecule has 30 heavy (non-hydrogen) atoms. The van der Waals surface area contributed by atoms with Gasteiger partial charge in [0.2, 0.25) is 12.7 Å². The second kappa shape index (κ2) is 8.54. The number of aromatic nitrogens is 3. The normalized spacial score (nSPS) is 12.0. The number of nitrogens with one attached hydrogen (secondary N) is 1. The largest absolute Gasteiger partial charge is 0.493 e. The Kier molecular flexibility index (Phi) is 5.66. The molecular formula is C20H20N4O5S. The van der Waals surface area contributed by atoms with E-state index < -0.39 is 0 Å². The molecule has 0 spiro atoms. The molecule has 0 fully saturated rings. The van der Waals surface area contributed by atoms with Crippen LogP contribution in [0.2, 0.25) is 0 Å². The molecular weight excluding hydrogens is 408 g/mol. The highest BCUT2D eigenvalue weighted by Crippen LogP contribution is 2.35. The summed E-state index contributed by atoms with van der Waals surface area (Å²) in [5.74, 6) is 3.22. The highest BCUT2D eigenvalue weighted by Gasteiger charge is 2.17. The van der Waals surface area contributed by atoms with E-state index in [2.05, 4.69) is 15.5 Å². The van der Waals surface area contributed by atoms with Crippen LogP contribution >= 0.6 is 11.8 Å². The molecule has 2 aromatic carbocycles. The summed E-state index contributed by atoms with van der Waals surface area (Å²) in [5, 5.41) is 11.9. The molecule has 1 amide bonds. The Labute approximate surface area is 177 Å². The number of rotatable bonds is 7. The Bertz CT molecular complexity index is 1090. The molecule has 0 saturated heterocycles. The first-order valence-electron chi connectivity index (χ1n) is 9.03. The van der Waals surface area contributed by atoms with Crippen LogP contribution in [0.4, 0.5) is 5.69 Å². The second-order valence-electron chi connectivity index (χ2n) is 6.34. The molecule has 0 atom stereocenters. The van der Waals surface area contributed by atoms with E-state index in [9.17, 15) is 4.79 Å². The molecule has 1 aliphatic rings. The number of nitrogens with zero attached hydrogens (tertiary/aromatic N) is 3. The molecule has 2 heterocycles. The number of hydrogen-bond acceptors (Lipinski definition) is 8. The molecule has 0 aliphatic carbocycles. The Balaban J connectivity index is 1.41. The minimum Gasteiger partial charge on any atom is -0.493 e. The van der Waals surface area contributed by atoms with Gasteiger partial charge in [-0.15, -0.1) is 10.2 Å². The van der Waals surface area contributed by atoms with Crippen LogP contribution in [0.15, 0.2) is 41.6 Å². The van der Waals surface area contributed by atoms with Crippen molar-refractivity contribution in [1.29, 1.82) is 0 Å². The summed E-state index contributed by atoms with van der Waals surface area (Å²) >= 11 is 1.30. The Hall–Kier alpha value is -3.40. The van der Waals surface area contributed by atoms with E-state index in [0.29, 0.717) is 39.7 Å². The zero-order valence-electron chi connectivity index (χ0n) is 16.7. The summed E-state index contributed by atoms with van der Waals surface area (Å²) < 4.78 is 23.0. The van der Waals surface area contributed by atoms with Gasteiger partial charge in [-0.05, 0) is 30.3 Å². The molecule has 156 valence electrons. The molecule has 4 rings (SSSR count). The average Bonchev–Trinajstić information content (AvgIpc) is 3.37. The highest BCUT2D eigenvalue weighted by molar-refractivity contribution is 7.99. The van der Waals surface area contributed by atoms with Crippen LogP contribution in [0.1, 0.15) is 0 Å². The smallest absolute Gasteiger partial charge is 0.234 e. The molecule has 1 aromatic heterocycles. The number of methoxy groups -OCH3 is 2. The second-order valence-corrected chi connectivity index (χ2v) is 7.28. The standard InChI is InChI=1S/C20H20N4O5S/c1-24-19(12-4-6-14(26-2)16(8-12)27-3)22-23-20(24)30-10-18(25)21-13-5-7-15-17(9-13)29-11-28-15/h4-9H,10-11H2,1-3H3,(H,21,25). The number of fused-ring (bicyclic) bond motifs is 1. The summed E-state index contributed by atoms with van der Waals surface area (Å²) in [7, 11) is 5.02. The third-order valence-electron chi connectivity index (χ3n) is 4.47. The quantitative estimate of drug-likeness (QED) is 0.574. The molecule has 0 unspecified atom stereocenters. The molecule has 0 radical (unpaired) electrons. The first-order valence-corrected chi connectivity index (χ1v) is 10.0. The fraction of sp³-hybridized carbons (Fsp3) is 0.250. The SMILES string of the molecule is COc1ccc(-c2nnc(SCC(=O)Nc3ccc4c(c3)OCO4)n2C)cc1OC. The first-order chi connectivity index (χ1) is 14.6. The van der Waals surface area contributed by atoms with Gasteiger partial charge in [0, 0.05) is 24.4 Å². The summed E-state index contributed by atoms with van der Waals surface area (Å²) in [4.78, 5) is 12.3. The van der Waals surface area contributed by atoms with Crippen molar-refractivity contribution in [2.45, 2.75) is 5.16 Å². The summed E-state index contributed by atoms with van der Waals surface area (Å²) in [5.41, 5.74) is 1.48. The molecule has 1 aliphatic heterocycles. The highest BCUT2D eigenvalue weighted by atomic mass is 32.2. The van der Waals surface area contributed by atoms with E-state index in [0.717, 1.165) is 5.56 Å². The number of carbonyl (C=O) groups excluding carboxylic acids is 1. The molecule has 3 aromatic rings. The number of benzene rings is 2. The number of ether oxygens (including phenoxy) is 4. The van der Waals surface area contributed by atoms with Crippen molar-refractivity contribution in [3.05, 3.63) is 36.4 Å². The van der Waals surface area contributed by atoms with Gasteiger partial charge in [0.15, 0.2) is 34.0 Å². The maximum atomic E-state index is 12.3. The lowest BCUT2D eigenvalue weighted by Gasteiger charge is -2.09. The van der Waals surface area contributed by atoms with E-state index >= 15 is 0 Å². The molecule has 0 saturated carbocycles. The fourth-order valence-electron chi connectivity index (χ4n) is 2.97. The maximum Gasteiger partial charge on any atom is 0.234 e. The van der Waals surface area contributed by atoms with Gasteiger partial charge in [-0.3, -0.25) is 4.79 Å².